The molecule has 0 bridgehead atoms. The number of hydrogen-bond acceptors (Lipinski definition) is 6. The van der Waals surface area contributed by atoms with Crippen LogP contribution in [0.5, 0.6) is 5.75 Å². The van der Waals surface area contributed by atoms with Crippen molar-refractivity contribution in [2.75, 3.05) is 51.5 Å². The van der Waals surface area contributed by atoms with Crippen LogP contribution in [-0.2, 0) is 29.2 Å². The molecule has 0 amide bonds. The molecule has 2 heterocycles. The molecule has 0 saturated carbocycles. The van der Waals surface area contributed by atoms with Crippen LogP contribution in [0.1, 0.15) is 16.7 Å². The fraction of sp³-hybridized carbons (Fsp3) is 0.323. The minimum absolute atomic E-state index is 0.602. The normalized spacial score (nSPS) is 13.9. The van der Waals surface area contributed by atoms with Crippen LogP contribution >= 0.6 is 0 Å². The van der Waals surface area contributed by atoms with Crippen molar-refractivity contribution in [1.29, 1.82) is 0 Å². The average Bonchev–Trinajstić information content (AvgIpc) is 3.52. The summed E-state index contributed by atoms with van der Waals surface area (Å²) in [4.78, 5) is 8.95. The zero-order valence-electron chi connectivity index (χ0n) is 22.0. The van der Waals surface area contributed by atoms with E-state index < -0.39 is 0 Å². The Morgan fingerprint density at radius 3 is 2.47 bits per heavy atom. The first-order chi connectivity index (χ1) is 18.8. The summed E-state index contributed by atoms with van der Waals surface area (Å²) in [6, 6.07) is 25.6. The van der Waals surface area contributed by atoms with Gasteiger partial charge in [-0.15, -0.1) is 0 Å². The molecule has 0 aliphatic carbocycles. The molecule has 1 saturated heterocycles. The van der Waals surface area contributed by atoms with E-state index in [0.29, 0.717) is 6.61 Å². The van der Waals surface area contributed by atoms with Crippen LogP contribution in [0, 0.1) is 0 Å². The third-order valence-corrected chi connectivity index (χ3v) is 6.82. The Morgan fingerprint density at radius 1 is 0.895 bits per heavy atom. The summed E-state index contributed by atoms with van der Waals surface area (Å²) in [6.07, 6.45) is 5.57. The van der Waals surface area contributed by atoms with E-state index in [1.165, 1.54) is 22.4 Å². The van der Waals surface area contributed by atoms with E-state index in [9.17, 15) is 0 Å². The van der Waals surface area contributed by atoms with Crippen molar-refractivity contribution in [3.05, 3.63) is 108 Å². The van der Waals surface area contributed by atoms with E-state index >= 15 is 0 Å². The lowest BCUT2D eigenvalue weighted by atomic mass is 10.1. The molecule has 1 fully saturated rings. The molecule has 7 nitrogen and oxygen atoms in total. The zero-order valence-corrected chi connectivity index (χ0v) is 22.0. The van der Waals surface area contributed by atoms with Crippen molar-refractivity contribution >= 4 is 5.69 Å². The quantitative estimate of drug-likeness (QED) is 0.251. The zero-order chi connectivity index (χ0) is 26.0. The number of aromatic nitrogens is 2. The van der Waals surface area contributed by atoms with E-state index in [-0.39, 0.29) is 0 Å². The number of methoxy groups -OCH3 is 1. The standard InChI is InChI=1S/C31H36N4O3/c1-36-31-7-3-4-27(21-31)23-35(22-26-8-10-29(11-9-26)34-13-12-32-25-34)30-6-2-5-28(20-30)24-38-19-16-33-14-17-37-18-15-33/h2-13,20-21,25H,14-19,22-24H2,1H3. The van der Waals surface area contributed by atoms with Crippen molar-refractivity contribution in [3.8, 4) is 11.4 Å². The lowest BCUT2D eigenvalue weighted by Crippen LogP contribution is -2.38. The van der Waals surface area contributed by atoms with Crippen molar-refractivity contribution in [3.63, 3.8) is 0 Å². The maximum atomic E-state index is 6.05. The molecular formula is C31H36N4O3. The smallest absolute Gasteiger partial charge is 0.119 e. The SMILES string of the molecule is COc1cccc(CN(Cc2ccc(-n3ccnc3)cc2)c2cccc(COCCN3CCOCC3)c2)c1. The van der Waals surface area contributed by atoms with Crippen LogP contribution in [0.25, 0.3) is 5.69 Å². The van der Waals surface area contributed by atoms with Crippen molar-refractivity contribution in [2.24, 2.45) is 0 Å². The number of morpholine rings is 1. The van der Waals surface area contributed by atoms with Gasteiger partial charge in [0, 0.05) is 56.5 Å². The van der Waals surface area contributed by atoms with Crippen molar-refractivity contribution < 1.29 is 14.2 Å². The van der Waals surface area contributed by atoms with Gasteiger partial charge in [-0.3, -0.25) is 4.90 Å². The molecule has 0 N–H and O–H groups in total. The number of anilines is 1. The van der Waals surface area contributed by atoms with Crippen LogP contribution in [0.2, 0.25) is 0 Å². The Hall–Kier alpha value is -3.65. The van der Waals surface area contributed by atoms with Crippen LogP contribution in [0.15, 0.2) is 91.5 Å². The fourth-order valence-corrected chi connectivity index (χ4v) is 4.69. The first kappa shape index (κ1) is 26.0. The predicted molar refractivity (Wildman–Crippen MR) is 150 cm³/mol. The molecule has 0 radical (unpaired) electrons. The molecule has 1 aliphatic rings. The van der Waals surface area contributed by atoms with Gasteiger partial charge in [-0.2, -0.15) is 0 Å². The minimum Gasteiger partial charge on any atom is -0.497 e. The van der Waals surface area contributed by atoms with Gasteiger partial charge in [-0.25, -0.2) is 4.98 Å². The Kier molecular flexibility index (Phi) is 9.05. The lowest BCUT2D eigenvalue weighted by molar-refractivity contribution is 0.0180. The maximum absolute atomic E-state index is 6.05. The minimum atomic E-state index is 0.602. The Morgan fingerprint density at radius 2 is 1.68 bits per heavy atom. The molecular weight excluding hydrogens is 476 g/mol. The molecule has 5 rings (SSSR count). The number of ether oxygens (including phenoxy) is 3. The summed E-state index contributed by atoms with van der Waals surface area (Å²) in [6.45, 7) is 7.42. The number of imidazole rings is 1. The van der Waals surface area contributed by atoms with Crippen molar-refractivity contribution in [1.82, 2.24) is 14.5 Å². The second-order valence-electron chi connectivity index (χ2n) is 9.52. The first-order valence-electron chi connectivity index (χ1n) is 13.2. The Balaban J connectivity index is 1.28. The molecule has 3 aromatic carbocycles. The molecule has 38 heavy (non-hydrogen) atoms. The summed E-state index contributed by atoms with van der Waals surface area (Å²) in [5.41, 5.74) is 5.88. The van der Waals surface area contributed by atoms with Gasteiger partial charge in [-0.05, 0) is 53.1 Å². The van der Waals surface area contributed by atoms with Gasteiger partial charge in [0.25, 0.3) is 0 Å². The van der Waals surface area contributed by atoms with Crippen LogP contribution in [0.4, 0.5) is 5.69 Å². The Bertz CT molecular complexity index is 1250. The second kappa shape index (κ2) is 13.2. The van der Waals surface area contributed by atoms with Gasteiger partial charge in [0.05, 0.1) is 39.9 Å². The van der Waals surface area contributed by atoms with Gasteiger partial charge < -0.3 is 23.7 Å². The second-order valence-corrected chi connectivity index (χ2v) is 9.52. The monoisotopic (exact) mass is 512 g/mol. The van der Waals surface area contributed by atoms with Crippen LogP contribution in [-0.4, -0.2) is 61.0 Å². The average molecular weight is 513 g/mol. The van der Waals surface area contributed by atoms with E-state index in [1.54, 1.807) is 13.3 Å². The third kappa shape index (κ3) is 7.22. The highest BCUT2D eigenvalue weighted by atomic mass is 16.5. The third-order valence-electron chi connectivity index (χ3n) is 6.82. The van der Waals surface area contributed by atoms with E-state index in [2.05, 4.69) is 75.4 Å². The van der Waals surface area contributed by atoms with Gasteiger partial charge in [0.15, 0.2) is 0 Å². The molecule has 1 aromatic heterocycles. The summed E-state index contributed by atoms with van der Waals surface area (Å²) in [5.74, 6) is 0.870. The lowest BCUT2D eigenvalue weighted by Gasteiger charge is -2.27. The molecule has 198 valence electrons. The van der Waals surface area contributed by atoms with E-state index in [4.69, 9.17) is 14.2 Å². The molecule has 1 aliphatic heterocycles. The van der Waals surface area contributed by atoms with Crippen molar-refractivity contribution in [2.45, 2.75) is 19.7 Å². The molecule has 0 atom stereocenters. The highest BCUT2D eigenvalue weighted by Crippen LogP contribution is 2.24. The summed E-state index contributed by atoms with van der Waals surface area (Å²) < 4.78 is 19.0. The van der Waals surface area contributed by atoms with Gasteiger partial charge in [0.2, 0.25) is 0 Å². The van der Waals surface area contributed by atoms with Gasteiger partial charge >= 0.3 is 0 Å². The van der Waals surface area contributed by atoms with Gasteiger partial charge in [0.1, 0.15) is 5.75 Å². The molecule has 0 spiro atoms. The number of rotatable bonds is 12. The van der Waals surface area contributed by atoms with E-state index in [1.807, 2.05) is 29.2 Å². The van der Waals surface area contributed by atoms with Crippen LogP contribution < -0.4 is 9.64 Å². The highest BCUT2D eigenvalue weighted by Gasteiger charge is 2.12. The number of benzene rings is 3. The predicted octanol–water partition coefficient (Wildman–Crippen LogP) is 4.94. The topological polar surface area (TPSA) is 52.0 Å². The number of nitrogens with zero attached hydrogens (tertiary/aromatic N) is 4. The number of hydrogen-bond donors (Lipinski definition) is 0. The fourth-order valence-electron chi connectivity index (χ4n) is 4.69. The first-order valence-corrected chi connectivity index (χ1v) is 13.2. The summed E-state index contributed by atoms with van der Waals surface area (Å²) >= 11 is 0. The summed E-state index contributed by atoms with van der Waals surface area (Å²) in [7, 11) is 1.71. The van der Waals surface area contributed by atoms with Crippen LogP contribution in [0.3, 0.4) is 0 Å². The largest absolute Gasteiger partial charge is 0.497 e. The summed E-state index contributed by atoms with van der Waals surface area (Å²) in [5, 5.41) is 0. The molecule has 4 aromatic rings. The molecule has 0 unspecified atom stereocenters. The highest BCUT2D eigenvalue weighted by molar-refractivity contribution is 5.50. The van der Waals surface area contributed by atoms with Gasteiger partial charge in [-0.1, -0.05) is 36.4 Å². The van der Waals surface area contributed by atoms with E-state index in [0.717, 1.165) is 64.0 Å². The maximum Gasteiger partial charge on any atom is 0.119 e. The Labute approximate surface area is 225 Å². The molecule has 7 heteroatoms.